The highest BCUT2D eigenvalue weighted by Gasteiger charge is 2.31. The third kappa shape index (κ3) is 3.43. The highest BCUT2D eigenvalue weighted by Crippen LogP contribution is 2.25. The van der Waals surface area contributed by atoms with Crippen molar-refractivity contribution in [1.82, 2.24) is 9.62 Å². The summed E-state index contributed by atoms with van der Waals surface area (Å²) in [7, 11) is -2.34. The molecule has 1 fully saturated rings. The average molecular weight is 349 g/mol. The van der Waals surface area contributed by atoms with Gasteiger partial charge in [-0.15, -0.1) is 4.40 Å². The zero-order valence-electron chi connectivity index (χ0n) is 13.5. The minimum atomic E-state index is -3.87. The van der Waals surface area contributed by atoms with Gasteiger partial charge in [0.1, 0.15) is 5.75 Å². The Hall–Kier alpha value is -2.35. The number of methoxy groups -OCH3 is 1. The van der Waals surface area contributed by atoms with Gasteiger partial charge in [-0.05, 0) is 25.8 Å². The second kappa shape index (κ2) is 6.27. The van der Waals surface area contributed by atoms with Gasteiger partial charge in [0, 0.05) is 17.8 Å². The smallest absolute Gasteiger partial charge is 0.344 e. The van der Waals surface area contributed by atoms with E-state index in [1.807, 2.05) is 0 Å². The molecule has 0 saturated heterocycles. The van der Waals surface area contributed by atoms with E-state index in [2.05, 4.69) is 9.71 Å². The first-order valence-electron chi connectivity index (χ1n) is 7.64. The van der Waals surface area contributed by atoms with E-state index in [0.29, 0.717) is 11.3 Å². The predicted molar refractivity (Wildman–Crippen MR) is 89.8 cm³/mol. The molecule has 24 heavy (non-hydrogen) atoms. The number of para-hydroxylation sites is 1. The fourth-order valence-electron chi connectivity index (χ4n) is 2.42. The lowest BCUT2D eigenvalue weighted by atomic mass is 10.1. The second-order valence-corrected chi connectivity index (χ2v) is 7.35. The molecule has 0 aromatic heterocycles. The number of hydrogen-bond acceptors (Lipinski definition) is 4. The molecule has 7 nitrogen and oxygen atoms in total. The standard InChI is InChI=1S/C16H19N3O4S/c1-11-14(16(20)17-13-7-8-13)10-19(24(21,22)18-11)9-12-5-3-4-6-15(12)23-2/h3-6,10,13H,7-9H2,1-2H3,(H,17,20). The van der Waals surface area contributed by atoms with Crippen LogP contribution in [0.3, 0.4) is 0 Å². The molecule has 0 radical (unpaired) electrons. The van der Waals surface area contributed by atoms with Crippen LogP contribution in [0.1, 0.15) is 25.3 Å². The Labute approximate surface area is 141 Å². The maximum absolute atomic E-state index is 12.3. The Morgan fingerprint density at radius 2 is 2.08 bits per heavy atom. The molecule has 1 aliphatic heterocycles. The van der Waals surface area contributed by atoms with E-state index in [1.54, 1.807) is 24.3 Å². The van der Waals surface area contributed by atoms with Crippen LogP contribution in [0.25, 0.3) is 0 Å². The Kier molecular flexibility index (Phi) is 4.31. The summed E-state index contributed by atoms with van der Waals surface area (Å²) < 4.78 is 34.7. The SMILES string of the molecule is COc1ccccc1CN1C=C(C(=O)NC2CC2)C(C)=NS1(=O)=O. The lowest BCUT2D eigenvalue weighted by Gasteiger charge is -2.24. The molecule has 0 unspecified atom stereocenters. The zero-order valence-corrected chi connectivity index (χ0v) is 14.3. The highest BCUT2D eigenvalue weighted by atomic mass is 32.2. The molecule has 1 amide bonds. The van der Waals surface area contributed by atoms with Gasteiger partial charge in [0.15, 0.2) is 0 Å². The topological polar surface area (TPSA) is 88.1 Å². The van der Waals surface area contributed by atoms with Crippen LogP contribution in [0.4, 0.5) is 0 Å². The Bertz CT molecular complexity index is 825. The van der Waals surface area contributed by atoms with Crippen molar-refractivity contribution in [3.05, 3.63) is 41.6 Å². The van der Waals surface area contributed by atoms with Gasteiger partial charge in [-0.25, -0.2) is 0 Å². The molecule has 1 aliphatic carbocycles. The van der Waals surface area contributed by atoms with Crippen molar-refractivity contribution >= 4 is 21.8 Å². The van der Waals surface area contributed by atoms with E-state index >= 15 is 0 Å². The van der Waals surface area contributed by atoms with E-state index in [9.17, 15) is 13.2 Å². The van der Waals surface area contributed by atoms with Crippen molar-refractivity contribution in [3.63, 3.8) is 0 Å². The summed E-state index contributed by atoms with van der Waals surface area (Å²) in [6.07, 6.45) is 3.26. The number of benzene rings is 1. The largest absolute Gasteiger partial charge is 0.496 e. The number of nitrogens with one attached hydrogen (secondary N) is 1. The monoisotopic (exact) mass is 349 g/mol. The summed E-state index contributed by atoms with van der Waals surface area (Å²) in [6.45, 7) is 1.57. The maximum Gasteiger partial charge on any atom is 0.344 e. The molecule has 1 N–H and O–H groups in total. The number of rotatable bonds is 5. The summed E-state index contributed by atoms with van der Waals surface area (Å²) in [5.74, 6) is 0.287. The lowest BCUT2D eigenvalue weighted by molar-refractivity contribution is -0.117. The van der Waals surface area contributed by atoms with Crippen LogP contribution in [-0.4, -0.2) is 37.5 Å². The van der Waals surface area contributed by atoms with Gasteiger partial charge in [-0.3, -0.25) is 9.10 Å². The Balaban J connectivity index is 1.89. The Morgan fingerprint density at radius 1 is 1.38 bits per heavy atom. The quantitative estimate of drug-likeness (QED) is 0.870. The van der Waals surface area contributed by atoms with E-state index in [4.69, 9.17) is 4.74 Å². The van der Waals surface area contributed by atoms with Crippen LogP contribution in [0.5, 0.6) is 5.75 Å². The first kappa shape index (κ1) is 16.5. The van der Waals surface area contributed by atoms with Gasteiger partial charge in [0.25, 0.3) is 5.91 Å². The van der Waals surface area contributed by atoms with Gasteiger partial charge in [0.05, 0.1) is 24.9 Å². The van der Waals surface area contributed by atoms with Crippen molar-refractivity contribution < 1.29 is 17.9 Å². The maximum atomic E-state index is 12.3. The summed E-state index contributed by atoms with van der Waals surface area (Å²) >= 11 is 0. The molecular formula is C16H19N3O4S. The molecule has 128 valence electrons. The van der Waals surface area contributed by atoms with Gasteiger partial charge < -0.3 is 10.1 Å². The van der Waals surface area contributed by atoms with Gasteiger partial charge in [0.2, 0.25) is 0 Å². The fraction of sp³-hybridized carbons (Fsp3) is 0.375. The molecule has 2 aliphatic rings. The number of carbonyl (C=O) groups excluding carboxylic acids is 1. The van der Waals surface area contributed by atoms with Crippen LogP contribution in [-0.2, 0) is 21.5 Å². The average Bonchev–Trinajstić information content (AvgIpc) is 3.33. The normalized spacial score (nSPS) is 19.3. The predicted octanol–water partition coefficient (Wildman–Crippen LogP) is 1.38. The summed E-state index contributed by atoms with van der Waals surface area (Å²) in [5, 5.41) is 2.85. The molecule has 0 bridgehead atoms. The molecule has 1 aromatic carbocycles. The number of hydrogen-bond donors (Lipinski definition) is 1. The van der Waals surface area contributed by atoms with Crippen LogP contribution >= 0.6 is 0 Å². The molecular weight excluding hydrogens is 330 g/mol. The van der Waals surface area contributed by atoms with Crippen molar-refractivity contribution in [3.8, 4) is 5.75 Å². The third-order valence-electron chi connectivity index (χ3n) is 3.89. The molecule has 0 spiro atoms. The third-order valence-corrected chi connectivity index (χ3v) is 5.22. The molecule has 3 rings (SSSR count). The van der Waals surface area contributed by atoms with Crippen LogP contribution in [0.2, 0.25) is 0 Å². The molecule has 1 aromatic rings. The van der Waals surface area contributed by atoms with E-state index in [1.165, 1.54) is 20.2 Å². The van der Waals surface area contributed by atoms with Crippen molar-refractivity contribution in [2.45, 2.75) is 32.4 Å². The first-order chi connectivity index (χ1) is 11.4. The second-order valence-electron chi connectivity index (χ2n) is 5.80. The molecule has 0 atom stereocenters. The van der Waals surface area contributed by atoms with Crippen LogP contribution in [0, 0.1) is 0 Å². The van der Waals surface area contributed by atoms with Crippen molar-refractivity contribution in [2.75, 3.05) is 7.11 Å². The molecule has 1 heterocycles. The van der Waals surface area contributed by atoms with Crippen LogP contribution < -0.4 is 10.1 Å². The number of ether oxygens (including phenoxy) is 1. The van der Waals surface area contributed by atoms with Gasteiger partial charge >= 0.3 is 10.2 Å². The first-order valence-corrected chi connectivity index (χ1v) is 9.03. The number of amides is 1. The number of carbonyl (C=O) groups is 1. The zero-order chi connectivity index (χ0) is 17.3. The number of nitrogens with zero attached hydrogens (tertiary/aromatic N) is 2. The summed E-state index contributed by atoms with van der Waals surface area (Å²) in [4.78, 5) is 12.3. The molecule has 8 heteroatoms. The van der Waals surface area contributed by atoms with Crippen LogP contribution in [0.15, 0.2) is 40.4 Å². The fourth-order valence-corrected chi connectivity index (χ4v) is 3.51. The van der Waals surface area contributed by atoms with E-state index < -0.39 is 10.2 Å². The lowest BCUT2D eigenvalue weighted by Crippen LogP contribution is -2.36. The van der Waals surface area contributed by atoms with Crippen molar-refractivity contribution in [2.24, 2.45) is 4.40 Å². The summed E-state index contributed by atoms with van der Waals surface area (Å²) in [6, 6.07) is 7.32. The molecule has 1 saturated carbocycles. The minimum Gasteiger partial charge on any atom is -0.496 e. The van der Waals surface area contributed by atoms with E-state index in [-0.39, 0.29) is 29.8 Å². The van der Waals surface area contributed by atoms with Gasteiger partial charge in [-0.1, -0.05) is 18.2 Å². The van der Waals surface area contributed by atoms with E-state index in [0.717, 1.165) is 17.1 Å². The minimum absolute atomic E-state index is 0.0450. The summed E-state index contributed by atoms with van der Waals surface area (Å²) in [5.41, 5.74) is 1.16. The Morgan fingerprint density at radius 3 is 2.75 bits per heavy atom. The highest BCUT2D eigenvalue weighted by molar-refractivity contribution is 7.88. The van der Waals surface area contributed by atoms with Gasteiger partial charge in [-0.2, -0.15) is 8.42 Å². The van der Waals surface area contributed by atoms with Crippen molar-refractivity contribution in [1.29, 1.82) is 0 Å².